The lowest BCUT2D eigenvalue weighted by molar-refractivity contribution is -0.321. The van der Waals surface area contributed by atoms with Crippen LogP contribution in [0.25, 0.3) is 0 Å². The van der Waals surface area contributed by atoms with Gasteiger partial charge in [0.05, 0.1) is 23.5 Å². The molecule has 7 rings (SSSR count). The fourth-order valence-corrected chi connectivity index (χ4v) is 13.0. The Hall–Kier alpha value is -2.31. The standard InChI is InChI=1S/C41H60O15/c1-19-8-13-41(36(52)56-34-30(48)27(45)26(44)22(17-42)53-34)15-14-39(4)20(21(41)16-19)6-7-24-37(2)11-10-25(38(3,18-43)23(37)9-12-40(24,39)5)54-35-31(49)28(46)29(47)32(55-35)33(50)51/h6,18,21-32,34-35,42,44-49H,1,7-17H2,2-5H3,(H,50,51). The maximum Gasteiger partial charge on any atom is 0.335 e. The maximum atomic E-state index is 14.4. The van der Waals surface area contributed by atoms with Gasteiger partial charge < -0.3 is 64.6 Å². The summed E-state index contributed by atoms with van der Waals surface area (Å²) in [5.74, 6) is -2.32. The van der Waals surface area contributed by atoms with Gasteiger partial charge in [-0.05, 0) is 92.3 Å². The second-order valence-electron chi connectivity index (χ2n) is 18.9. The lowest BCUT2D eigenvalue weighted by Crippen LogP contribution is -2.67. The van der Waals surface area contributed by atoms with Gasteiger partial charge in [-0.15, -0.1) is 0 Å². The molecule has 2 heterocycles. The molecule has 0 bridgehead atoms. The maximum absolute atomic E-state index is 14.4. The largest absolute Gasteiger partial charge is 0.479 e. The van der Waals surface area contributed by atoms with Crippen LogP contribution < -0.4 is 0 Å². The molecule has 19 unspecified atom stereocenters. The van der Waals surface area contributed by atoms with E-state index in [1.165, 1.54) is 5.57 Å². The number of carboxylic acids is 1. The Labute approximate surface area is 326 Å². The van der Waals surface area contributed by atoms with Crippen LogP contribution in [0.5, 0.6) is 0 Å². The Morgan fingerprint density at radius 3 is 2.20 bits per heavy atom. The van der Waals surface area contributed by atoms with Gasteiger partial charge in [-0.3, -0.25) is 4.79 Å². The molecule has 2 aliphatic heterocycles. The summed E-state index contributed by atoms with van der Waals surface area (Å²) < 4.78 is 23.2. The topological polar surface area (TPSA) is 250 Å². The predicted octanol–water partition coefficient (Wildman–Crippen LogP) is 1.12. The van der Waals surface area contributed by atoms with Gasteiger partial charge in [-0.2, -0.15) is 0 Å². The normalized spacial score (nSPS) is 53.0. The third-order valence-electron chi connectivity index (χ3n) is 16.5. The Morgan fingerprint density at radius 2 is 1.54 bits per heavy atom. The van der Waals surface area contributed by atoms with Crippen molar-refractivity contribution in [2.24, 2.45) is 44.8 Å². The number of aliphatic hydroxyl groups is 7. The van der Waals surface area contributed by atoms with Gasteiger partial charge in [0.2, 0.25) is 6.29 Å². The quantitative estimate of drug-likeness (QED) is 0.0779. The first-order chi connectivity index (χ1) is 26.2. The van der Waals surface area contributed by atoms with Crippen LogP contribution in [0.3, 0.4) is 0 Å². The Kier molecular flexibility index (Phi) is 10.8. The molecule has 15 nitrogen and oxygen atoms in total. The molecule has 0 aromatic carbocycles. The van der Waals surface area contributed by atoms with Crippen molar-refractivity contribution in [3.8, 4) is 0 Å². The van der Waals surface area contributed by atoms with Crippen molar-refractivity contribution in [1.29, 1.82) is 0 Å². The molecule has 2 saturated heterocycles. The molecule has 314 valence electrons. The van der Waals surface area contributed by atoms with Crippen LogP contribution in [-0.2, 0) is 33.3 Å². The summed E-state index contributed by atoms with van der Waals surface area (Å²) in [6.07, 6.45) is -8.03. The Balaban J connectivity index is 1.16. The number of hydrogen-bond acceptors (Lipinski definition) is 14. The van der Waals surface area contributed by atoms with E-state index in [2.05, 4.69) is 33.4 Å². The molecule has 0 radical (unpaired) electrons. The first-order valence-corrected chi connectivity index (χ1v) is 20.2. The minimum atomic E-state index is -1.86. The van der Waals surface area contributed by atoms with Crippen LogP contribution in [0.15, 0.2) is 23.8 Å². The molecule has 6 fully saturated rings. The lowest BCUT2D eigenvalue weighted by Gasteiger charge is -2.70. The van der Waals surface area contributed by atoms with Crippen LogP contribution in [0.4, 0.5) is 0 Å². The molecule has 7 aliphatic rings. The number of carbonyl (C=O) groups is 3. The van der Waals surface area contributed by atoms with Crippen LogP contribution in [-0.4, -0.2) is 133 Å². The highest BCUT2D eigenvalue weighted by molar-refractivity contribution is 5.79. The van der Waals surface area contributed by atoms with Crippen LogP contribution in [0.2, 0.25) is 0 Å². The first-order valence-electron chi connectivity index (χ1n) is 20.2. The van der Waals surface area contributed by atoms with Crippen LogP contribution in [0, 0.1) is 44.8 Å². The lowest BCUT2D eigenvalue weighted by atomic mass is 9.34. The predicted molar refractivity (Wildman–Crippen MR) is 194 cm³/mol. The number of aliphatic carboxylic acids is 1. The monoisotopic (exact) mass is 792 g/mol. The highest BCUT2D eigenvalue weighted by atomic mass is 16.7. The van der Waals surface area contributed by atoms with Gasteiger partial charge in [-0.25, -0.2) is 4.79 Å². The number of aliphatic hydroxyl groups excluding tert-OH is 7. The number of ether oxygens (including phenoxy) is 4. The first kappa shape index (κ1) is 41.8. The number of esters is 1. The summed E-state index contributed by atoms with van der Waals surface area (Å²) in [5, 5.41) is 82.1. The molecule has 19 atom stereocenters. The van der Waals surface area contributed by atoms with Gasteiger partial charge in [0.1, 0.15) is 49.0 Å². The molecule has 8 N–H and O–H groups in total. The van der Waals surface area contributed by atoms with Crippen molar-refractivity contribution in [3.63, 3.8) is 0 Å². The third kappa shape index (κ3) is 5.93. The summed E-state index contributed by atoms with van der Waals surface area (Å²) in [7, 11) is 0. The SMILES string of the molecule is C=C1CCC2(C(=O)OC3OC(CO)C(O)C(O)C3O)CCC3(C)C(=CCC4C5(C)CCC(OC6OC(C(=O)O)C(O)C(O)C6O)C(C)(C=O)C5CCC43C)C2C1. The molecule has 5 aliphatic carbocycles. The van der Waals surface area contributed by atoms with Crippen molar-refractivity contribution in [2.75, 3.05) is 6.61 Å². The van der Waals surface area contributed by atoms with Crippen LogP contribution >= 0.6 is 0 Å². The summed E-state index contributed by atoms with van der Waals surface area (Å²) in [6, 6.07) is 0. The average Bonchev–Trinajstić information content (AvgIpc) is 3.16. The van der Waals surface area contributed by atoms with Crippen LogP contribution in [0.1, 0.15) is 91.9 Å². The molecule has 0 aromatic heterocycles. The number of hydrogen-bond donors (Lipinski definition) is 8. The second kappa shape index (κ2) is 14.5. The Bertz CT molecular complexity index is 1620. The second-order valence-corrected chi connectivity index (χ2v) is 18.9. The smallest absolute Gasteiger partial charge is 0.335 e. The fourth-order valence-electron chi connectivity index (χ4n) is 13.0. The molecule has 4 saturated carbocycles. The average molecular weight is 793 g/mol. The molecule has 15 heteroatoms. The van der Waals surface area contributed by atoms with Crippen molar-refractivity contribution in [2.45, 2.75) is 159 Å². The molecule has 0 spiro atoms. The van der Waals surface area contributed by atoms with Gasteiger partial charge in [0.25, 0.3) is 0 Å². The van der Waals surface area contributed by atoms with Crippen molar-refractivity contribution in [1.82, 2.24) is 0 Å². The molecule has 56 heavy (non-hydrogen) atoms. The molecular weight excluding hydrogens is 732 g/mol. The summed E-state index contributed by atoms with van der Waals surface area (Å²) in [4.78, 5) is 39.5. The molecule has 0 aromatic rings. The number of carboxylic acid groups (broad SMARTS) is 1. The zero-order chi connectivity index (χ0) is 40.9. The number of fused-ring (bicyclic) bond motifs is 7. The van der Waals surface area contributed by atoms with E-state index in [1.807, 2.05) is 6.92 Å². The van der Waals surface area contributed by atoms with E-state index in [1.54, 1.807) is 0 Å². The van der Waals surface area contributed by atoms with Crippen molar-refractivity contribution >= 4 is 18.2 Å². The van der Waals surface area contributed by atoms with Gasteiger partial charge >= 0.3 is 11.9 Å². The van der Waals surface area contributed by atoms with E-state index < -0.39 is 96.9 Å². The number of rotatable bonds is 7. The van der Waals surface area contributed by atoms with Gasteiger partial charge in [-0.1, -0.05) is 51.5 Å². The Morgan fingerprint density at radius 1 is 0.857 bits per heavy atom. The molecular formula is C41H60O15. The highest BCUT2D eigenvalue weighted by Gasteiger charge is 2.70. The number of aldehydes is 1. The third-order valence-corrected chi connectivity index (χ3v) is 16.5. The molecule has 0 amide bonds. The van der Waals surface area contributed by atoms with Gasteiger partial charge in [0.15, 0.2) is 12.4 Å². The zero-order valence-corrected chi connectivity index (χ0v) is 32.7. The number of carbonyl (C=O) groups excluding carboxylic acids is 2. The minimum Gasteiger partial charge on any atom is -0.479 e. The van der Waals surface area contributed by atoms with E-state index in [9.17, 15) is 55.2 Å². The van der Waals surface area contributed by atoms with E-state index in [4.69, 9.17) is 18.9 Å². The fraction of sp³-hybridized carbons (Fsp3) is 0.829. The summed E-state index contributed by atoms with van der Waals surface area (Å²) >= 11 is 0. The minimum absolute atomic E-state index is 0.132. The van der Waals surface area contributed by atoms with E-state index >= 15 is 0 Å². The van der Waals surface area contributed by atoms with Crippen molar-refractivity contribution < 1.29 is 74.2 Å². The van der Waals surface area contributed by atoms with E-state index in [-0.39, 0.29) is 34.0 Å². The van der Waals surface area contributed by atoms with Gasteiger partial charge in [0, 0.05) is 5.92 Å². The zero-order valence-electron chi connectivity index (χ0n) is 32.7. The van der Waals surface area contributed by atoms with E-state index in [0.29, 0.717) is 57.8 Å². The number of allylic oxidation sites excluding steroid dienone is 3. The van der Waals surface area contributed by atoms with Crippen molar-refractivity contribution in [3.05, 3.63) is 23.8 Å². The summed E-state index contributed by atoms with van der Waals surface area (Å²) in [5.41, 5.74) is -0.719. The highest BCUT2D eigenvalue weighted by Crippen LogP contribution is 2.75. The van der Waals surface area contributed by atoms with E-state index in [0.717, 1.165) is 18.3 Å². The summed E-state index contributed by atoms with van der Waals surface area (Å²) in [6.45, 7) is 12.4.